The van der Waals surface area contributed by atoms with Crippen molar-refractivity contribution in [3.05, 3.63) is 84.4 Å². The molecule has 0 atom stereocenters. The van der Waals surface area contributed by atoms with Gasteiger partial charge in [0, 0.05) is 16.3 Å². The molecule has 5 rings (SSSR count). The topological polar surface area (TPSA) is 36.9 Å². The van der Waals surface area contributed by atoms with E-state index in [9.17, 15) is 0 Å². The van der Waals surface area contributed by atoms with Crippen molar-refractivity contribution in [3.8, 4) is 17.2 Å². The third-order valence-electron chi connectivity index (χ3n) is 4.68. The first-order chi connectivity index (χ1) is 12.3. The van der Waals surface area contributed by atoms with Crippen molar-refractivity contribution in [2.75, 3.05) is 0 Å². The number of furan rings is 1. The molecule has 0 saturated heterocycles. The number of fused-ring (bicyclic) bond motifs is 4. The van der Waals surface area contributed by atoms with Gasteiger partial charge in [0.2, 0.25) is 0 Å². The summed E-state index contributed by atoms with van der Waals surface area (Å²) in [5, 5.41) is 13.5. The van der Waals surface area contributed by atoms with Crippen LogP contribution in [0.4, 0.5) is 0 Å². The van der Waals surface area contributed by atoms with Crippen molar-refractivity contribution in [2.24, 2.45) is 0 Å². The lowest BCUT2D eigenvalue weighted by atomic mass is 9.98. The molecule has 0 spiro atoms. The van der Waals surface area contributed by atoms with Crippen LogP contribution in [0.5, 0.6) is 0 Å². The van der Waals surface area contributed by atoms with Gasteiger partial charge >= 0.3 is 0 Å². The van der Waals surface area contributed by atoms with E-state index in [1.54, 1.807) is 0 Å². The van der Waals surface area contributed by atoms with Gasteiger partial charge < -0.3 is 4.42 Å². The van der Waals surface area contributed by atoms with Crippen LogP contribution >= 0.6 is 0 Å². The van der Waals surface area contributed by atoms with Gasteiger partial charge in [0.25, 0.3) is 0 Å². The predicted molar refractivity (Wildman–Crippen MR) is 101 cm³/mol. The monoisotopic (exact) mass is 319 g/mol. The number of rotatable bonds is 1. The van der Waals surface area contributed by atoms with Crippen molar-refractivity contribution in [1.29, 1.82) is 5.26 Å². The van der Waals surface area contributed by atoms with Gasteiger partial charge in [0.15, 0.2) is 0 Å². The van der Waals surface area contributed by atoms with E-state index in [1.165, 1.54) is 0 Å². The molecule has 0 unspecified atom stereocenters. The van der Waals surface area contributed by atoms with Gasteiger partial charge in [0.05, 0.1) is 11.6 Å². The molecular weight excluding hydrogens is 306 g/mol. The number of hydrogen-bond donors (Lipinski definition) is 0. The zero-order valence-corrected chi connectivity index (χ0v) is 13.4. The quantitative estimate of drug-likeness (QED) is 0.365. The zero-order chi connectivity index (χ0) is 16.8. The van der Waals surface area contributed by atoms with E-state index in [1.807, 2.05) is 36.4 Å². The van der Waals surface area contributed by atoms with Crippen LogP contribution in [-0.2, 0) is 0 Å². The first-order valence-electron chi connectivity index (χ1n) is 8.18. The maximum Gasteiger partial charge on any atom is 0.143 e. The van der Waals surface area contributed by atoms with Crippen molar-refractivity contribution in [1.82, 2.24) is 0 Å². The highest BCUT2D eigenvalue weighted by Gasteiger charge is 2.11. The Hall–Kier alpha value is -3.57. The minimum Gasteiger partial charge on any atom is -0.455 e. The van der Waals surface area contributed by atoms with E-state index in [0.717, 1.165) is 43.8 Å². The van der Waals surface area contributed by atoms with E-state index in [2.05, 4.69) is 48.5 Å². The lowest BCUT2D eigenvalue weighted by Gasteiger charge is -2.05. The molecule has 2 heteroatoms. The predicted octanol–water partition coefficient (Wildman–Crippen LogP) is 6.28. The molecule has 2 nitrogen and oxygen atoms in total. The molecule has 1 aromatic heterocycles. The minimum absolute atomic E-state index is 0.680. The molecule has 0 aliphatic rings. The molecule has 0 amide bonds. The SMILES string of the molecule is N#Cc1ccc2cc(-c3cccc4c3oc3ccccc34)ccc2c1. The van der Waals surface area contributed by atoms with E-state index in [-0.39, 0.29) is 0 Å². The van der Waals surface area contributed by atoms with Crippen LogP contribution in [0.1, 0.15) is 5.56 Å². The molecule has 0 bridgehead atoms. The van der Waals surface area contributed by atoms with Crippen molar-refractivity contribution < 1.29 is 4.42 Å². The largest absolute Gasteiger partial charge is 0.455 e. The van der Waals surface area contributed by atoms with E-state index < -0.39 is 0 Å². The third kappa shape index (κ3) is 2.10. The number of nitriles is 1. The van der Waals surface area contributed by atoms with Gasteiger partial charge in [-0.1, -0.05) is 54.6 Å². The lowest BCUT2D eigenvalue weighted by Crippen LogP contribution is -1.81. The number of hydrogen-bond acceptors (Lipinski definition) is 2. The summed E-state index contributed by atoms with van der Waals surface area (Å²) in [5.74, 6) is 0. The molecule has 25 heavy (non-hydrogen) atoms. The second kappa shape index (κ2) is 5.22. The number of para-hydroxylation sites is 2. The normalized spacial score (nSPS) is 11.2. The summed E-state index contributed by atoms with van der Waals surface area (Å²) >= 11 is 0. The molecule has 116 valence electrons. The van der Waals surface area contributed by atoms with Crippen LogP contribution in [0.3, 0.4) is 0 Å². The summed E-state index contributed by atoms with van der Waals surface area (Å²) in [4.78, 5) is 0. The molecule has 5 aromatic rings. The molecule has 0 aliphatic heterocycles. The molecule has 1 heterocycles. The van der Waals surface area contributed by atoms with Crippen LogP contribution in [-0.4, -0.2) is 0 Å². The van der Waals surface area contributed by atoms with Crippen molar-refractivity contribution >= 4 is 32.7 Å². The second-order valence-corrected chi connectivity index (χ2v) is 6.17. The smallest absolute Gasteiger partial charge is 0.143 e. The lowest BCUT2D eigenvalue weighted by molar-refractivity contribution is 0.670. The van der Waals surface area contributed by atoms with Gasteiger partial charge in [-0.3, -0.25) is 0 Å². The number of benzene rings is 4. The van der Waals surface area contributed by atoms with Gasteiger partial charge in [-0.25, -0.2) is 0 Å². The van der Waals surface area contributed by atoms with Crippen LogP contribution in [0.2, 0.25) is 0 Å². The average Bonchev–Trinajstić information content (AvgIpc) is 3.06. The van der Waals surface area contributed by atoms with E-state index in [0.29, 0.717) is 5.56 Å². The summed E-state index contributed by atoms with van der Waals surface area (Å²) in [7, 11) is 0. The Balaban J connectivity index is 1.78. The molecule has 0 aliphatic carbocycles. The first kappa shape index (κ1) is 13.8. The average molecular weight is 319 g/mol. The standard InChI is InChI=1S/C23H13NO/c24-14-15-8-9-17-13-18(11-10-16(17)12-15)19-5-3-6-21-20-4-1-2-7-22(20)25-23(19)21/h1-13H. The number of nitrogens with zero attached hydrogens (tertiary/aromatic N) is 1. The summed E-state index contributed by atoms with van der Waals surface area (Å²) in [5.41, 5.74) is 4.70. The third-order valence-corrected chi connectivity index (χ3v) is 4.68. The fraction of sp³-hybridized carbons (Fsp3) is 0. The fourth-order valence-electron chi connectivity index (χ4n) is 3.46. The van der Waals surface area contributed by atoms with Crippen molar-refractivity contribution in [3.63, 3.8) is 0 Å². The Morgan fingerprint density at radius 3 is 2.44 bits per heavy atom. The highest BCUT2D eigenvalue weighted by atomic mass is 16.3. The summed E-state index contributed by atoms with van der Waals surface area (Å²) in [6, 6.07) is 28.7. The Morgan fingerprint density at radius 2 is 1.52 bits per heavy atom. The Bertz CT molecular complexity index is 1300. The Morgan fingerprint density at radius 1 is 0.720 bits per heavy atom. The van der Waals surface area contributed by atoms with E-state index >= 15 is 0 Å². The minimum atomic E-state index is 0.680. The van der Waals surface area contributed by atoms with Crippen molar-refractivity contribution in [2.45, 2.75) is 0 Å². The molecule has 4 aromatic carbocycles. The van der Waals surface area contributed by atoms with Gasteiger partial charge in [-0.2, -0.15) is 5.26 Å². The Labute approximate surface area is 144 Å². The van der Waals surface area contributed by atoms with Crippen LogP contribution < -0.4 is 0 Å². The van der Waals surface area contributed by atoms with Gasteiger partial charge in [-0.05, 0) is 40.6 Å². The van der Waals surface area contributed by atoms with Crippen LogP contribution in [0, 0.1) is 11.3 Å². The van der Waals surface area contributed by atoms with Gasteiger partial charge in [0.1, 0.15) is 11.2 Å². The molecule has 0 saturated carbocycles. The second-order valence-electron chi connectivity index (χ2n) is 6.17. The first-order valence-corrected chi connectivity index (χ1v) is 8.18. The van der Waals surface area contributed by atoms with E-state index in [4.69, 9.17) is 9.68 Å². The molecule has 0 radical (unpaired) electrons. The zero-order valence-electron chi connectivity index (χ0n) is 13.4. The summed E-state index contributed by atoms with van der Waals surface area (Å²) in [6.07, 6.45) is 0. The Kier molecular flexibility index (Phi) is 2.89. The summed E-state index contributed by atoms with van der Waals surface area (Å²) < 4.78 is 6.14. The maximum absolute atomic E-state index is 9.05. The highest BCUT2D eigenvalue weighted by molar-refractivity contribution is 6.09. The molecule has 0 fully saturated rings. The molecule has 0 N–H and O–H groups in total. The highest BCUT2D eigenvalue weighted by Crippen LogP contribution is 2.36. The van der Waals surface area contributed by atoms with Crippen LogP contribution in [0.25, 0.3) is 43.8 Å². The molecular formula is C23H13NO. The fourth-order valence-corrected chi connectivity index (χ4v) is 3.46. The van der Waals surface area contributed by atoms with Gasteiger partial charge in [-0.15, -0.1) is 0 Å². The summed E-state index contributed by atoms with van der Waals surface area (Å²) in [6.45, 7) is 0. The maximum atomic E-state index is 9.05. The van der Waals surface area contributed by atoms with Crippen LogP contribution in [0.15, 0.2) is 83.3 Å².